The first-order chi connectivity index (χ1) is 5.61. The van der Waals surface area contributed by atoms with E-state index in [0.29, 0.717) is 0 Å². The zero-order chi connectivity index (χ0) is 9.56. The normalized spacial score (nSPS) is 13.3. The second kappa shape index (κ2) is 6.23. The Morgan fingerprint density at radius 2 is 2.00 bits per heavy atom. The minimum absolute atomic E-state index is 0.0892. The molecule has 1 atom stereocenters. The zero-order valence-corrected chi connectivity index (χ0v) is 9.47. The van der Waals surface area contributed by atoms with Gasteiger partial charge in [-0.3, -0.25) is 4.79 Å². The number of amides is 1. The molecule has 0 saturated carbocycles. The maximum absolute atomic E-state index is 11.3. The van der Waals surface area contributed by atoms with Crippen molar-refractivity contribution >= 4 is 21.8 Å². The van der Waals surface area contributed by atoms with Crippen molar-refractivity contribution < 1.29 is 4.79 Å². The Hall–Kier alpha value is -0.310. The summed E-state index contributed by atoms with van der Waals surface area (Å²) < 4.78 is 0. The molecule has 1 unspecified atom stereocenters. The molecule has 0 heterocycles. The molecule has 2 nitrogen and oxygen atoms in total. The predicted octanol–water partition coefficient (Wildman–Crippen LogP) is 2.19. The van der Waals surface area contributed by atoms with Crippen LogP contribution in [0, 0.1) is 0 Å². The fourth-order valence-corrected chi connectivity index (χ4v) is 1.01. The van der Waals surface area contributed by atoms with Gasteiger partial charge in [0, 0.05) is 24.0 Å². The summed E-state index contributed by atoms with van der Waals surface area (Å²) >= 11 is 3.34. The standard InChI is InChI=1S/C9H16BrNO/c1-4-11(5-2)9(12)7-6-8(3)10/h6-8H,4-5H2,1-3H3. The van der Waals surface area contributed by atoms with Gasteiger partial charge < -0.3 is 4.90 Å². The Morgan fingerprint density at radius 3 is 2.33 bits per heavy atom. The van der Waals surface area contributed by atoms with E-state index in [-0.39, 0.29) is 10.7 Å². The zero-order valence-electron chi connectivity index (χ0n) is 7.88. The molecule has 70 valence electrons. The Bertz CT molecular complexity index is 162. The summed E-state index contributed by atoms with van der Waals surface area (Å²) in [6.07, 6.45) is 3.47. The van der Waals surface area contributed by atoms with Crippen molar-refractivity contribution in [2.75, 3.05) is 13.1 Å². The van der Waals surface area contributed by atoms with Gasteiger partial charge in [-0.25, -0.2) is 0 Å². The highest BCUT2D eigenvalue weighted by Crippen LogP contribution is 1.99. The van der Waals surface area contributed by atoms with E-state index in [9.17, 15) is 4.79 Å². The number of likely N-dealkylation sites (N-methyl/N-ethyl adjacent to an activating group) is 1. The maximum Gasteiger partial charge on any atom is 0.246 e. The third-order valence-electron chi connectivity index (χ3n) is 1.58. The van der Waals surface area contributed by atoms with Crippen molar-refractivity contribution in [2.24, 2.45) is 0 Å². The van der Waals surface area contributed by atoms with Crippen molar-refractivity contribution in [3.8, 4) is 0 Å². The van der Waals surface area contributed by atoms with Gasteiger partial charge in [-0.1, -0.05) is 22.0 Å². The van der Waals surface area contributed by atoms with E-state index in [0.717, 1.165) is 13.1 Å². The SMILES string of the molecule is CCN(CC)C(=O)C=CC(C)Br. The first kappa shape index (κ1) is 11.7. The maximum atomic E-state index is 11.3. The molecule has 0 aliphatic rings. The molecule has 3 heteroatoms. The smallest absolute Gasteiger partial charge is 0.246 e. The monoisotopic (exact) mass is 233 g/mol. The molecule has 0 aromatic carbocycles. The van der Waals surface area contributed by atoms with Crippen molar-refractivity contribution in [1.29, 1.82) is 0 Å². The average Bonchev–Trinajstić information content (AvgIpc) is 2.03. The van der Waals surface area contributed by atoms with Gasteiger partial charge in [0.2, 0.25) is 5.91 Å². The lowest BCUT2D eigenvalue weighted by Crippen LogP contribution is -2.28. The van der Waals surface area contributed by atoms with Crippen LogP contribution in [0.4, 0.5) is 0 Å². The predicted molar refractivity (Wildman–Crippen MR) is 55.5 cm³/mol. The van der Waals surface area contributed by atoms with Crippen LogP contribution < -0.4 is 0 Å². The van der Waals surface area contributed by atoms with Crippen LogP contribution in [0.5, 0.6) is 0 Å². The van der Waals surface area contributed by atoms with Gasteiger partial charge in [0.25, 0.3) is 0 Å². The van der Waals surface area contributed by atoms with Crippen LogP contribution in [0.3, 0.4) is 0 Å². The Morgan fingerprint density at radius 1 is 1.50 bits per heavy atom. The fourth-order valence-electron chi connectivity index (χ4n) is 0.856. The van der Waals surface area contributed by atoms with Crippen LogP contribution in [0.15, 0.2) is 12.2 Å². The van der Waals surface area contributed by atoms with Crippen LogP contribution >= 0.6 is 15.9 Å². The van der Waals surface area contributed by atoms with Crippen LogP contribution in [-0.4, -0.2) is 28.7 Å². The first-order valence-electron chi connectivity index (χ1n) is 4.23. The third-order valence-corrected chi connectivity index (χ3v) is 1.88. The molecule has 0 saturated heterocycles. The molecule has 0 aromatic rings. The van der Waals surface area contributed by atoms with Crippen LogP contribution in [0.25, 0.3) is 0 Å². The highest BCUT2D eigenvalue weighted by atomic mass is 79.9. The largest absolute Gasteiger partial charge is 0.340 e. The lowest BCUT2D eigenvalue weighted by Gasteiger charge is -2.15. The molecule has 0 aromatic heterocycles. The van der Waals surface area contributed by atoms with E-state index in [1.165, 1.54) is 0 Å². The lowest BCUT2D eigenvalue weighted by molar-refractivity contribution is -0.125. The van der Waals surface area contributed by atoms with Crippen molar-refractivity contribution in [3.63, 3.8) is 0 Å². The van der Waals surface area contributed by atoms with E-state index >= 15 is 0 Å². The molecule has 0 fully saturated rings. The fraction of sp³-hybridized carbons (Fsp3) is 0.667. The van der Waals surface area contributed by atoms with Gasteiger partial charge in [0.1, 0.15) is 0 Å². The summed E-state index contributed by atoms with van der Waals surface area (Å²) in [4.78, 5) is 13.4. The minimum atomic E-state index is 0.0892. The lowest BCUT2D eigenvalue weighted by atomic mass is 10.3. The van der Waals surface area contributed by atoms with E-state index in [2.05, 4.69) is 15.9 Å². The van der Waals surface area contributed by atoms with Gasteiger partial charge in [-0.15, -0.1) is 0 Å². The van der Waals surface area contributed by atoms with E-state index in [1.807, 2.05) is 26.8 Å². The van der Waals surface area contributed by atoms with Crippen molar-refractivity contribution in [3.05, 3.63) is 12.2 Å². The molecular weight excluding hydrogens is 218 g/mol. The molecule has 0 rings (SSSR count). The molecular formula is C9H16BrNO. The second-order valence-electron chi connectivity index (χ2n) is 2.55. The summed E-state index contributed by atoms with van der Waals surface area (Å²) in [7, 11) is 0. The Balaban J connectivity index is 4.01. The van der Waals surface area contributed by atoms with Crippen LogP contribution in [-0.2, 0) is 4.79 Å². The molecule has 0 bridgehead atoms. The topological polar surface area (TPSA) is 20.3 Å². The van der Waals surface area contributed by atoms with Crippen LogP contribution in [0.1, 0.15) is 20.8 Å². The first-order valence-corrected chi connectivity index (χ1v) is 5.14. The number of hydrogen-bond acceptors (Lipinski definition) is 1. The molecule has 0 aliphatic carbocycles. The van der Waals surface area contributed by atoms with Gasteiger partial charge in [0.05, 0.1) is 0 Å². The van der Waals surface area contributed by atoms with E-state index in [1.54, 1.807) is 11.0 Å². The summed E-state index contributed by atoms with van der Waals surface area (Å²) in [6, 6.07) is 0. The highest BCUT2D eigenvalue weighted by molar-refractivity contribution is 9.09. The molecule has 1 amide bonds. The van der Waals surface area contributed by atoms with Gasteiger partial charge in [-0.05, 0) is 20.8 Å². The number of carbonyl (C=O) groups is 1. The van der Waals surface area contributed by atoms with Gasteiger partial charge in [-0.2, -0.15) is 0 Å². The number of nitrogens with zero attached hydrogens (tertiary/aromatic N) is 1. The summed E-state index contributed by atoms with van der Waals surface area (Å²) in [5.41, 5.74) is 0. The second-order valence-corrected chi connectivity index (χ2v) is 3.99. The number of alkyl halides is 1. The average molecular weight is 234 g/mol. The van der Waals surface area contributed by atoms with E-state index < -0.39 is 0 Å². The van der Waals surface area contributed by atoms with E-state index in [4.69, 9.17) is 0 Å². The number of hydrogen-bond donors (Lipinski definition) is 0. The molecule has 12 heavy (non-hydrogen) atoms. The van der Waals surface area contributed by atoms with Gasteiger partial charge in [0.15, 0.2) is 0 Å². The van der Waals surface area contributed by atoms with Crippen molar-refractivity contribution in [2.45, 2.75) is 25.6 Å². The molecule has 0 spiro atoms. The third kappa shape index (κ3) is 4.54. The molecule has 0 radical (unpaired) electrons. The summed E-state index contributed by atoms with van der Waals surface area (Å²) in [5, 5.41) is 0. The Labute approximate surface area is 82.8 Å². The van der Waals surface area contributed by atoms with Crippen molar-refractivity contribution in [1.82, 2.24) is 4.90 Å². The number of allylic oxidation sites excluding steroid dienone is 1. The summed E-state index contributed by atoms with van der Waals surface area (Å²) in [5.74, 6) is 0.0892. The molecule has 0 aliphatic heterocycles. The highest BCUT2D eigenvalue weighted by Gasteiger charge is 2.04. The van der Waals surface area contributed by atoms with Gasteiger partial charge >= 0.3 is 0 Å². The number of carbonyl (C=O) groups excluding carboxylic acids is 1. The summed E-state index contributed by atoms with van der Waals surface area (Å²) in [6.45, 7) is 7.48. The minimum Gasteiger partial charge on any atom is -0.340 e. The Kier molecular flexibility index (Phi) is 6.07. The number of rotatable bonds is 4. The van der Waals surface area contributed by atoms with Crippen LogP contribution in [0.2, 0.25) is 0 Å². The number of halogens is 1. The quantitative estimate of drug-likeness (QED) is 0.539. The molecule has 0 N–H and O–H groups in total.